The summed E-state index contributed by atoms with van der Waals surface area (Å²) in [5.41, 5.74) is -1.43. The molecule has 1 saturated carbocycles. The van der Waals surface area contributed by atoms with Crippen LogP contribution in [0.3, 0.4) is 0 Å². The molecule has 1 rings (SSSR count). The third-order valence-electron chi connectivity index (χ3n) is 3.03. The summed E-state index contributed by atoms with van der Waals surface area (Å²) in [4.78, 5) is 10.5. The third-order valence-corrected chi connectivity index (χ3v) is 3.03. The molecule has 13 heavy (non-hydrogen) atoms. The predicted octanol–water partition coefficient (Wildman–Crippen LogP) is 0.373. The Kier molecular flexibility index (Phi) is 2.93. The van der Waals surface area contributed by atoms with Crippen molar-refractivity contribution >= 4 is 5.97 Å². The van der Waals surface area contributed by atoms with E-state index in [1.807, 2.05) is 0 Å². The van der Waals surface area contributed by atoms with Crippen LogP contribution in [-0.2, 0) is 4.79 Å². The van der Waals surface area contributed by atoms with Gasteiger partial charge in [0.1, 0.15) is 5.60 Å². The Morgan fingerprint density at radius 3 is 2.62 bits per heavy atom. The Bertz CT molecular complexity index is 204. The molecule has 1 fully saturated rings. The topological polar surface area (TPSA) is 77.8 Å². The molecule has 1 aliphatic rings. The van der Waals surface area contributed by atoms with Crippen LogP contribution in [0.15, 0.2) is 0 Å². The van der Waals surface area contributed by atoms with Crippen molar-refractivity contribution in [3.8, 4) is 0 Å². The molecule has 3 N–H and O–H groups in total. The summed E-state index contributed by atoms with van der Waals surface area (Å²) in [7, 11) is 0. The van der Waals surface area contributed by atoms with Gasteiger partial charge in [-0.3, -0.25) is 0 Å². The van der Waals surface area contributed by atoms with Crippen molar-refractivity contribution in [3.63, 3.8) is 0 Å². The average molecular weight is 188 g/mol. The zero-order valence-electron chi connectivity index (χ0n) is 7.73. The van der Waals surface area contributed by atoms with E-state index in [1.54, 1.807) is 6.92 Å². The van der Waals surface area contributed by atoms with Gasteiger partial charge >= 0.3 is 5.97 Å². The maximum absolute atomic E-state index is 10.5. The summed E-state index contributed by atoms with van der Waals surface area (Å²) in [6, 6.07) is 0. The van der Waals surface area contributed by atoms with Crippen molar-refractivity contribution < 1.29 is 20.1 Å². The summed E-state index contributed by atoms with van der Waals surface area (Å²) in [5.74, 6) is -1.48. The molecule has 0 bridgehead atoms. The van der Waals surface area contributed by atoms with Gasteiger partial charge in [-0.1, -0.05) is 19.8 Å². The van der Waals surface area contributed by atoms with E-state index in [2.05, 4.69) is 0 Å². The second-order valence-electron chi connectivity index (χ2n) is 3.88. The molecule has 0 aromatic heterocycles. The van der Waals surface area contributed by atoms with Crippen LogP contribution >= 0.6 is 0 Å². The summed E-state index contributed by atoms with van der Waals surface area (Å²) in [5, 5.41) is 27.9. The number of carbonyl (C=O) groups is 1. The van der Waals surface area contributed by atoms with Gasteiger partial charge in [0.25, 0.3) is 0 Å². The summed E-state index contributed by atoms with van der Waals surface area (Å²) >= 11 is 0. The van der Waals surface area contributed by atoms with Crippen LogP contribution in [-0.4, -0.2) is 33.0 Å². The molecule has 1 aliphatic carbocycles. The lowest BCUT2D eigenvalue weighted by Gasteiger charge is -2.39. The average Bonchev–Trinajstić information content (AvgIpc) is 2.09. The lowest BCUT2D eigenvalue weighted by Crippen LogP contribution is -2.53. The number of carboxylic acid groups (broad SMARTS) is 1. The quantitative estimate of drug-likeness (QED) is 0.585. The van der Waals surface area contributed by atoms with Gasteiger partial charge in [0.15, 0.2) is 6.10 Å². The lowest BCUT2D eigenvalue weighted by atomic mass is 9.73. The van der Waals surface area contributed by atoms with E-state index in [9.17, 15) is 15.0 Å². The molecule has 4 heteroatoms. The highest BCUT2D eigenvalue weighted by Crippen LogP contribution is 2.36. The molecule has 3 atom stereocenters. The Labute approximate surface area is 77.2 Å². The molecule has 76 valence electrons. The Morgan fingerprint density at radius 2 is 2.15 bits per heavy atom. The first-order chi connectivity index (χ1) is 5.98. The molecule has 0 spiro atoms. The second-order valence-corrected chi connectivity index (χ2v) is 3.88. The van der Waals surface area contributed by atoms with Crippen LogP contribution in [0.25, 0.3) is 0 Å². The van der Waals surface area contributed by atoms with Crippen LogP contribution in [0.5, 0.6) is 0 Å². The standard InChI is InChI=1S/C9H16O4/c1-6-4-2-3-5-9(6,13)7(10)8(11)12/h6-7,10,13H,2-5H2,1H3,(H,11,12). The van der Waals surface area contributed by atoms with E-state index in [0.717, 1.165) is 19.3 Å². The maximum Gasteiger partial charge on any atom is 0.335 e. The lowest BCUT2D eigenvalue weighted by molar-refractivity contribution is -0.175. The highest BCUT2D eigenvalue weighted by Gasteiger charge is 2.45. The molecule has 0 radical (unpaired) electrons. The number of rotatable bonds is 2. The smallest absolute Gasteiger partial charge is 0.335 e. The highest BCUT2D eigenvalue weighted by molar-refractivity contribution is 5.73. The number of carboxylic acids is 1. The van der Waals surface area contributed by atoms with Crippen molar-refractivity contribution in [3.05, 3.63) is 0 Å². The van der Waals surface area contributed by atoms with Gasteiger partial charge in [-0.25, -0.2) is 4.79 Å². The molecule has 0 aromatic carbocycles. The molecule has 0 heterocycles. The van der Waals surface area contributed by atoms with Crippen LogP contribution in [0, 0.1) is 5.92 Å². The van der Waals surface area contributed by atoms with E-state index in [-0.39, 0.29) is 5.92 Å². The maximum atomic E-state index is 10.5. The molecule has 3 unspecified atom stereocenters. The zero-order valence-corrected chi connectivity index (χ0v) is 7.73. The van der Waals surface area contributed by atoms with Gasteiger partial charge in [-0.15, -0.1) is 0 Å². The van der Waals surface area contributed by atoms with Gasteiger partial charge in [-0.2, -0.15) is 0 Å². The van der Waals surface area contributed by atoms with Gasteiger partial charge in [0.2, 0.25) is 0 Å². The first kappa shape index (κ1) is 10.5. The fourth-order valence-corrected chi connectivity index (χ4v) is 1.98. The molecule has 0 aromatic rings. The van der Waals surface area contributed by atoms with Crippen molar-refractivity contribution in [2.75, 3.05) is 0 Å². The molecule has 0 aliphatic heterocycles. The first-order valence-electron chi connectivity index (χ1n) is 4.61. The minimum absolute atomic E-state index is 0.146. The van der Waals surface area contributed by atoms with Crippen LogP contribution in [0.2, 0.25) is 0 Å². The van der Waals surface area contributed by atoms with E-state index < -0.39 is 17.7 Å². The number of hydrogen-bond acceptors (Lipinski definition) is 3. The minimum atomic E-state index is -1.65. The summed E-state index contributed by atoms with van der Waals surface area (Å²) in [6.07, 6.45) is 1.28. The monoisotopic (exact) mass is 188 g/mol. The number of aliphatic hydroxyl groups is 2. The van der Waals surface area contributed by atoms with Crippen molar-refractivity contribution in [2.24, 2.45) is 5.92 Å². The van der Waals surface area contributed by atoms with E-state index in [0.29, 0.717) is 6.42 Å². The SMILES string of the molecule is CC1CCCCC1(O)C(O)C(=O)O. The Morgan fingerprint density at radius 1 is 1.54 bits per heavy atom. The van der Waals surface area contributed by atoms with Crippen molar-refractivity contribution in [1.82, 2.24) is 0 Å². The number of aliphatic carboxylic acids is 1. The van der Waals surface area contributed by atoms with Gasteiger partial charge in [-0.05, 0) is 18.8 Å². The van der Waals surface area contributed by atoms with Crippen LogP contribution in [0.4, 0.5) is 0 Å². The largest absolute Gasteiger partial charge is 0.479 e. The first-order valence-corrected chi connectivity index (χ1v) is 4.61. The van der Waals surface area contributed by atoms with Gasteiger partial charge in [0, 0.05) is 0 Å². The van der Waals surface area contributed by atoms with E-state index >= 15 is 0 Å². The van der Waals surface area contributed by atoms with Crippen molar-refractivity contribution in [1.29, 1.82) is 0 Å². The molecule has 0 saturated heterocycles. The Hall–Kier alpha value is -0.610. The third kappa shape index (κ3) is 1.84. The molecule has 0 amide bonds. The Balaban J connectivity index is 2.77. The molecular formula is C9H16O4. The predicted molar refractivity (Wildman–Crippen MR) is 46.2 cm³/mol. The second kappa shape index (κ2) is 3.64. The summed E-state index contributed by atoms with van der Waals surface area (Å²) in [6.45, 7) is 1.78. The van der Waals surface area contributed by atoms with Crippen LogP contribution < -0.4 is 0 Å². The van der Waals surface area contributed by atoms with Crippen molar-refractivity contribution in [2.45, 2.75) is 44.3 Å². The number of aliphatic hydroxyl groups excluding tert-OH is 1. The minimum Gasteiger partial charge on any atom is -0.479 e. The van der Waals surface area contributed by atoms with Crippen LogP contribution in [0.1, 0.15) is 32.6 Å². The zero-order chi connectivity index (χ0) is 10.1. The van der Waals surface area contributed by atoms with E-state index in [4.69, 9.17) is 5.11 Å². The molecule has 4 nitrogen and oxygen atoms in total. The number of hydrogen-bond donors (Lipinski definition) is 3. The fraction of sp³-hybridized carbons (Fsp3) is 0.889. The van der Waals surface area contributed by atoms with E-state index in [1.165, 1.54) is 0 Å². The molecular weight excluding hydrogens is 172 g/mol. The van der Waals surface area contributed by atoms with Gasteiger partial charge < -0.3 is 15.3 Å². The fourth-order valence-electron chi connectivity index (χ4n) is 1.98. The van der Waals surface area contributed by atoms with Gasteiger partial charge in [0.05, 0.1) is 0 Å². The normalized spacial score (nSPS) is 37.0. The highest BCUT2D eigenvalue weighted by atomic mass is 16.4. The summed E-state index contributed by atoms with van der Waals surface area (Å²) < 4.78 is 0.